The van der Waals surface area contributed by atoms with E-state index in [4.69, 9.17) is 10.5 Å². The van der Waals surface area contributed by atoms with E-state index in [-0.39, 0.29) is 18.0 Å². The van der Waals surface area contributed by atoms with E-state index >= 15 is 0 Å². The largest absolute Gasteiger partial charge is 0.457 e. The van der Waals surface area contributed by atoms with Gasteiger partial charge in [-0.3, -0.25) is 9.59 Å². The first kappa shape index (κ1) is 21.5. The molecule has 8 nitrogen and oxygen atoms in total. The number of benzene rings is 2. The molecule has 0 radical (unpaired) electrons. The van der Waals surface area contributed by atoms with E-state index in [1.807, 2.05) is 60.7 Å². The third-order valence-electron chi connectivity index (χ3n) is 5.97. The molecule has 2 aromatic carbocycles. The van der Waals surface area contributed by atoms with E-state index in [1.54, 1.807) is 15.5 Å². The minimum absolute atomic E-state index is 0.173. The molecule has 2 heterocycles. The monoisotopic (exact) mass is 453 g/mol. The van der Waals surface area contributed by atoms with Crippen LogP contribution in [-0.2, 0) is 17.9 Å². The number of nitrogens with two attached hydrogens (primary N) is 1. The lowest BCUT2D eigenvalue weighted by Crippen LogP contribution is -2.40. The zero-order valence-corrected chi connectivity index (χ0v) is 18.5. The number of ether oxygens (including phenoxy) is 1. The van der Waals surface area contributed by atoms with Crippen LogP contribution in [-0.4, -0.2) is 32.8 Å². The summed E-state index contributed by atoms with van der Waals surface area (Å²) >= 11 is 0. The Morgan fingerprint density at radius 2 is 1.76 bits per heavy atom. The molecule has 0 bridgehead atoms. The van der Waals surface area contributed by atoms with Crippen molar-refractivity contribution in [3.63, 3.8) is 0 Å². The first-order valence-corrected chi connectivity index (χ1v) is 11.2. The number of hydrogen-bond acceptors (Lipinski definition) is 5. The molecule has 0 spiro atoms. The van der Waals surface area contributed by atoms with Crippen LogP contribution in [0.3, 0.4) is 0 Å². The first-order chi connectivity index (χ1) is 16.5. The number of amides is 2. The zero-order valence-electron chi connectivity index (χ0n) is 18.5. The molecule has 1 aliphatic heterocycles. The fourth-order valence-electron chi connectivity index (χ4n) is 4.09. The smallest absolute Gasteiger partial charge is 0.267 e. The molecule has 1 saturated carbocycles. The second-order valence-corrected chi connectivity index (χ2v) is 8.44. The molecule has 0 atom stereocenters. The molecule has 0 saturated heterocycles. The lowest BCUT2D eigenvalue weighted by Gasteiger charge is -2.28. The summed E-state index contributed by atoms with van der Waals surface area (Å²) in [6.45, 7) is 0.955. The van der Waals surface area contributed by atoms with Crippen LogP contribution in [0.2, 0.25) is 0 Å². The summed E-state index contributed by atoms with van der Waals surface area (Å²) in [5.41, 5.74) is 7.40. The number of allylic oxidation sites excluding steroid dienone is 1. The highest BCUT2D eigenvalue weighted by Crippen LogP contribution is 2.32. The van der Waals surface area contributed by atoms with Crippen molar-refractivity contribution in [2.75, 3.05) is 6.54 Å². The number of para-hydroxylation sites is 1. The van der Waals surface area contributed by atoms with Crippen LogP contribution in [0.5, 0.6) is 11.5 Å². The molecule has 1 aromatic heterocycles. The maximum absolute atomic E-state index is 12.9. The van der Waals surface area contributed by atoms with Gasteiger partial charge in [-0.25, -0.2) is 4.98 Å². The van der Waals surface area contributed by atoms with Gasteiger partial charge in [-0.15, -0.1) is 0 Å². The van der Waals surface area contributed by atoms with Gasteiger partial charge in [-0.05, 0) is 55.2 Å². The summed E-state index contributed by atoms with van der Waals surface area (Å²) in [6, 6.07) is 18.8. The Morgan fingerprint density at radius 3 is 2.41 bits per heavy atom. The van der Waals surface area contributed by atoms with E-state index in [2.05, 4.69) is 4.98 Å². The van der Waals surface area contributed by atoms with Crippen molar-refractivity contribution < 1.29 is 14.3 Å². The summed E-state index contributed by atoms with van der Waals surface area (Å²) in [5, 5.41) is 9.43. The minimum Gasteiger partial charge on any atom is -0.457 e. The summed E-state index contributed by atoms with van der Waals surface area (Å²) < 4.78 is 7.61. The van der Waals surface area contributed by atoms with Gasteiger partial charge in [0.25, 0.3) is 11.8 Å². The van der Waals surface area contributed by atoms with Crippen LogP contribution < -0.4 is 10.5 Å². The van der Waals surface area contributed by atoms with Crippen LogP contribution in [0.1, 0.15) is 29.2 Å². The maximum Gasteiger partial charge on any atom is 0.267 e. The van der Waals surface area contributed by atoms with E-state index in [9.17, 15) is 14.9 Å². The lowest BCUT2D eigenvalue weighted by molar-refractivity contribution is -0.128. The van der Waals surface area contributed by atoms with Gasteiger partial charge < -0.3 is 19.9 Å². The van der Waals surface area contributed by atoms with Crippen molar-refractivity contribution in [3.8, 4) is 28.8 Å². The molecule has 2 N–H and O–H groups in total. The number of hydrogen-bond donors (Lipinski definition) is 1. The normalized spacial score (nSPS) is 15.4. The van der Waals surface area contributed by atoms with Gasteiger partial charge >= 0.3 is 0 Å². The lowest BCUT2D eigenvalue weighted by atomic mass is 10.1. The van der Waals surface area contributed by atoms with Gasteiger partial charge in [-0.2, -0.15) is 5.26 Å². The van der Waals surface area contributed by atoms with Crippen molar-refractivity contribution >= 4 is 11.8 Å². The molecule has 2 aliphatic rings. The zero-order chi connectivity index (χ0) is 23.7. The summed E-state index contributed by atoms with van der Waals surface area (Å²) in [6.07, 6.45) is 3.80. The number of aromatic nitrogens is 2. The molecule has 34 heavy (non-hydrogen) atoms. The average molecular weight is 454 g/mol. The fraction of sp³-hybridized carbons (Fsp3) is 0.231. The van der Waals surface area contributed by atoms with Crippen LogP contribution in [0, 0.1) is 17.2 Å². The first-order valence-electron chi connectivity index (χ1n) is 11.2. The van der Waals surface area contributed by atoms with Crippen LogP contribution >= 0.6 is 0 Å². The Kier molecular flexibility index (Phi) is 5.60. The van der Waals surface area contributed by atoms with Crippen molar-refractivity contribution in [2.45, 2.75) is 25.9 Å². The van der Waals surface area contributed by atoms with Crippen LogP contribution in [0.4, 0.5) is 0 Å². The Morgan fingerprint density at radius 1 is 1.06 bits per heavy atom. The highest BCUT2D eigenvalue weighted by Gasteiger charge is 2.31. The highest BCUT2D eigenvalue weighted by atomic mass is 16.5. The topological polar surface area (TPSA) is 114 Å². The fourth-order valence-corrected chi connectivity index (χ4v) is 4.09. The van der Waals surface area contributed by atoms with Gasteiger partial charge in [0.05, 0.1) is 6.54 Å². The molecular formula is C26H23N5O3. The molecule has 2 amide bonds. The molecule has 3 aromatic rings. The van der Waals surface area contributed by atoms with Gasteiger partial charge in [0.15, 0.2) is 0 Å². The highest BCUT2D eigenvalue weighted by molar-refractivity contribution is 5.98. The number of rotatable bonds is 6. The standard InChI is InChI=1S/C26H23N5O3/c27-15-19(14-17-6-7-17)26(33)30-12-13-31-22(16-30)29-23(24(31)25(28)32)18-8-10-21(11-9-18)34-20-4-2-1-3-5-20/h1-5,8-11,14,17H,6-7,12-13,16H2,(H2,28,32)/b19-14+. The SMILES string of the molecule is N#C/C(=C\C1CC1)C(=O)N1CCn2c(nc(-c3ccc(Oc4ccccc4)cc3)c2C(N)=O)C1. The Bertz CT molecular complexity index is 1310. The van der Waals surface area contributed by atoms with E-state index in [0.29, 0.717) is 42.0 Å². The molecule has 1 fully saturated rings. The number of primary amides is 1. The van der Waals surface area contributed by atoms with E-state index in [1.165, 1.54) is 0 Å². The number of carbonyl (C=O) groups is 2. The quantitative estimate of drug-likeness (QED) is 0.452. The molecular weight excluding hydrogens is 430 g/mol. The van der Waals surface area contributed by atoms with E-state index in [0.717, 1.165) is 24.2 Å². The van der Waals surface area contributed by atoms with Crippen molar-refractivity contribution in [1.82, 2.24) is 14.5 Å². The van der Waals surface area contributed by atoms with E-state index < -0.39 is 5.91 Å². The van der Waals surface area contributed by atoms with Crippen LogP contribution in [0.25, 0.3) is 11.3 Å². The number of nitriles is 1. The Balaban J connectivity index is 1.40. The van der Waals surface area contributed by atoms with Crippen molar-refractivity contribution in [1.29, 1.82) is 5.26 Å². The summed E-state index contributed by atoms with van der Waals surface area (Å²) in [4.78, 5) is 31.5. The molecule has 170 valence electrons. The van der Waals surface area contributed by atoms with Crippen molar-refractivity contribution in [2.24, 2.45) is 11.7 Å². The molecule has 8 heteroatoms. The average Bonchev–Trinajstić information content (AvgIpc) is 3.59. The molecule has 0 unspecified atom stereocenters. The third-order valence-corrected chi connectivity index (χ3v) is 5.97. The van der Waals surface area contributed by atoms with Gasteiger partial charge in [-0.1, -0.05) is 24.3 Å². The number of carbonyl (C=O) groups excluding carboxylic acids is 2. The third kappa shape index (κ3) is 4.28. The summed E-state index contributed by atoms with van der Waals surface area (Å²) in [7, 11) is 0. The van der Waals surface area contributed by atoms with Gasteiger partial charge in [0.1, 0.15) is 40.4 Å². The van der Waals surface area contributed by atoms with Gasteiger partial charge in [0.2, 0.25) is 0 Å². The molecule has 1 aliphatic carbocycles. The number of imidazole rings is 1. The minimum atomic E-state index is -0.579. The Hall–Kier alpha value is -4.38. The second kappa shape index (κ2) is 8.87. The maximum atomic E-state index is 12.9. The summed E-state index contributed by atoms with van der Waals surface area (Å²) in [5.74, 6) is 1.40. The predicted molar refractivity (Wildman–Crippen MR) is 125 cm³/mol. The number of nitrogens with zero attached hydrogens (tertiary/aromatic N) is 4. The van der Waals surface area contributed by atoms with Crippen molar-refractivity contribution in [3.05, 3.63) is 77.8 Å². The predicted octanol–water partition coefficient (Wildman–Crippen LogP) is 3.64. The Labute approximate surface area is 196 Å². The van der Waals surface area contributed by atoms with Gasteiger partial charge in [0, 0.05) is 18.7 Å². The number of fused-ring (bicyclic) bond motifs is 1. The van der Waals surface area contributed by atoms with Crippen LogP contribution in [0.15, 0.2) is 66.2 Å². The second-order valence-electron chi connectivity index (χ2n) is 8.44. The molecule has 5 rings (SSSR count).